The number of halogens is 1. The van der Waals surface area contributed by atoms with Gasteiger partial charge in [-0.3, -0.25) is 14.0 Å². The highest BCUT2D eigenvalue weighted by Crippen LogP contribution is 2.21. The van der Waals surface area contributed by atoms with Gasteiger partial charge in [0.1, 0.15) is 12.4 Å². The van der Waals surface area contributed by atoms with E-state index in [-0.39, 0.29) is 12.2 Å². The highest BCUT2D eigenvalue weighted by Gasteiger charge is 2.23. The summed E-state index contributed by atoms with van der Waals surface area (Å²) in [5.74, 6) is -1.19. The minimum absolute atomic E-state index is 0.141. The number of amides is 1. The third kappa shape index (κ3) is 6.27. The summed E-state index contributed by atoms with van der Waals surface area (Å²) in [5, 5.41) is 2.71. The van der Waals surface area contributed by atoms with E-state index in [2.05, 4.69) is 22.3 Å². The van der Waals surface area contributed by atoms with Gasteiger partial charge >= 0.3 is 0 Å². The Labute approximate surface area is 177 Å². The lowest BCUT2D eigenvalue weighted by Gasteiger charge is -2.26. The van der Waals surface area contributed by atoms with E-state index in [4.69, 9.17) is 0 Å². The van der Waals surface area contributed by atoms with Crippen molar-refractivity contribution in [3.05, 3.63) is 65.5 Å². The lowest BCUT2D eigenvalue weighted by atomic mass is 10.1. The molecule has 1 aliphatic rings. The van der Waals surface area contributed by atoms with Crippen LogP contribution in [0.15, 0.2) is 48.5 Å². The number of carbonyl (C=O) groups excluding carboxylic acids is 1. The van der Waals surface area contributed by atoms with Crippen LogP contribution in [0.3, 0.4) is 0 Å². The van der Waals surface area contributed by atoms with Crippen LogP contribution in [0, 0.1) is 5.82 Å². The molecule has 0 bridgehead atoms. The Balaban J connectivity index is 1.56. The fourth-order valence-corrected chi connectivity index (χ4v) is 4.42. The second-order valence-corrected chi connectivity index (χ2v) is 9.56. The summed E-state index contributed by atoms with van der Waals surface area (Å²) < 4.78 is 39.0. The lowest BCUT2D eigenvalue weighted by molar-refractivity contribution is -0.119. The zero-order valence-corrected chi connectivity index (χ0v) is 18.0. The number of piperidine rings is 1. The number of hydrogen-bond donors (Lipinski definition) is 1. The first kappa shape index (κ1) is 22.2. The topological polar surface area (TPSA) is 69.7 Å². The molecule has 3 rings (SSSR count). The van der Waals surface area contributed by atoms with Gasteiger partial charge in [-0.05, 0) is 49.2 Å². The van der Waals surface area contributed by atoms with Gasteiger partial charge in [0.2, 0.25) is 15.9 Å². The molecule has 0 aromatic heterocycles. The lowest BCUT2D eigenvalue weighted by Crippen LogP contribution is -2.40. The molecule has 0 spiro atoms. The van der Waals surface area contributed by atoms with Crippen LogP contribution in [0.4, 0.5) is 10.1 Å². The van der Waals surface area contributed by atoms with Gasteiger partial charge < -0.3 is 5.32 Å². The molecule has 8 heteroatoms. The van der Waals surface area contributed by atoms with Gasteiger partial charge in [0.25, 0.3) is 0 Å². The molecule has 2 aromatic rings. The Morgan fingerprint density at radius 1 is 1.03 bits per heavy atom. The Morgan fingerprint density at radius 2 is 1.67 bits per heavy atom. The van der Waals surface area contributed by atoms with Gasteiger partial charge in [-0.25, -0.2) is 12.8 Å². The van der Waals surface area contributed by atoms with Gasteiger partial charge in [0, 0.05) is 13.1 Å². The molecule has 0 atom stereocenters. The number of nitrogens with zero attached hydrogens (tertiary/aromatic N) is 2. The van der Waals surface area contributed by atoms with Gasteiger partial charge in [0.05, 0.1) is 11.9 Å². The van der Waals surface area contributed by atoms with Crippen LogP contribution in [-0.2, 0) is 27.9 Å². The minimum Gasteiger partial charge on any atom is -0.350 e. The summed E-state index contributed by atoms with van der Waals surface area (Å²) in [4.78, 5) is 14.8. The molecule has 1 saturated heterocycles. The van der Waals surface area contributed by atoms with Gasteiger partial charge in [0.15, 0.2) is 0 Å². The first-order valence-electron chi connectivity index (χ1n) is 10.1. The quantitative estimate of drug-likeness (QED) is 0.695. The molecule has 6 nitrogen and oxygen atoms in total. The molecule has 30 heavy (non-hydrogen) atoms. The first-order valence-corrected chi connectivity index (χ1v) is 12.0. The second kappa shape index (κ2) is 10.0. The molecule has 1 aliphatic heterocycles. The smallest absolute Gasteiger partial charge is 0.241 e. The maximum Gasteiger partial charge on any atom is 0.241 e. The number of carbonyl (C=O) groups is 1. The molecule has 162 valence electrons. The number of nitrogens with one attached hydrogen (secondary N) is 1. The van der Waals surface area contributed by atoms with E-state index in [9.17, 15) is 17.6 Å². The molecule has 0 aliphatic carbocycles. The van der Waals surface area contributed by atoms with E-state index in [1.165, 1.54) is 43.0 Å². The number of sulfonamides is 1. The number of rotatable bonds is 8. The molecule has 2 aromatic carbocycles. The van der Waals surface area contributed by atoms with Crippen molar-refractivity contribution >= 4 is 21.6 Å². The number of benzene rings is 2. The monoisotopic (exact) mass is 433 g/mol. The maximum atomic E-state index is 14.0. The third-order valence-electron chi connectivity index (χ3n) is 5.18. The Kier molecular flexibility index (Phi) is 7.44. The maximum absolute atomic E-state index is 14.0. The average Bonchev–Trinajstić information content (AvgIpc) is 2.72. The van der Waals surface area contributed by atoms with Crippen molar-refractivity contribution in [2.24, 2.45) is 0 Å². The van der Waals surface area contributed by atoms with Crippen molar-refractivity contribution in [1.29, 1.82) is 0 Å². The van der Waals surface area contributed by atoms with Gasteiger partial charge in [-0.1, -0.05) is 42.8 Å². The molecular weight excluding hydrogens is 405 g/mol. The Bertz CT molecular complexity index is 958. The van der Waals surface area contributed by atoms with E-state index < -0.39 is 28.3 Å². The largest absolute Gasteiger partial charge is 0.350 e. The van der Waals surface area contributed by atoms with Crippen molar-refractivity contribution in [3.63, 3.8) is 0 Å². The number of para-hydroxylation sites is 1. The van der Waals surface area contributed by atoms with Crippen molar-refractivity contribution < 1.29 is 17.6 Å². The molecule has 1 fully saturated rings. The van der Waals surface area contributed by atoms with Crippen molar-refractivity contribution in [3.8, 4) is 0 Å². The predicted octanol–water partition coefficient (Wildman–Crippen LogP) is 2.89. The second-order valence-electron chi connectivity index (χ2n) is 7.65. The number of hydrogen-bond acceptors (Lipinski definition) is 4. The van der Waals surface area contributed by atoms with Crippen LogP contribution in [0.5, 0.6) is 0 Å². The molecular formula is C22H28FN3O3S. The molecule has 0 saturated carbocycles. The summed E-state index contributed by atoms with van der Waals surface area (Å²) >= 11 is 0. The van der Waals surface area contributed by atoms with Crippen LogP contribution in [0.2, 0.25) is 0 Å². The summed E-state index contributed by atoms with van der Waals surface area (Å²) in [6, 6.07) is 13.5. The van der Waals surface area contributed by atoms with Crippen LogP contribution in [-0.4, -0.2) is 45.1 Å². The van der Waals surface area contributed by atoms with E-state index in [1.54, 1.807) is 0 Å². The summed E-state index contributed by atoms with van der Waals surface area (Å²) in [7, 11) is -3.81. The third-order valence-corrected chi connectivity index (χ3v) is 6.30. The Hall–Kier alpha value is -2.45. The standard InChI is InChI=1S/C22H28FN3O3S/c1-30(28,29)26(21-8-4-3-7-20(21)23)17-22(27)24-15-18-9-11-19(12-10-18)16-25-13-5-2-6-14-25/h3-4,7-12H,2,5-6,13-17H2,1H3,(H,24,27). The highest BCUT2D eigenvalue weighted by atomic mass is 32.2. The zero-order valence-electron chi connectivity index (χ0n) is 17.2. The number of anilines is 1. The molecule has 0 radical (unpaired) electrons. The van der Waals surface area contributed by atoms with E-state index >= 15 is 0 Å². The number of likely N-dealkylation sites (tertiary alicyclic amines) is 1. The normalized spacial score (nSPS) is 15.0. The summed E-state index contributed by atoms with van der Waals surface area (Å²) in [5.41, 5.74) is 2.01. The molecule has 1 N–H and O–H groups in total. The van der Waals surface area contributed by atoms with Crippen LogP contribution >= 0.6 is 0 Å². The van der Waals surface area contributed by atoms with E-state index in [0.29, 0.717) is 0 Å². The van der Waals surface area contributed by atoms with Gasteiger partial charge in [-0.15, -0.1) is 0 Å². The first-order chi connectivity index (χ1) is 14.3. The van der Waals surface area contributed by atoms with E-state index in [1.807, 2.05) is 12.1 Å². The van der Waals surface area contributed by atoms with Crippen LogP contribution in [0.25, 0.3) is 0 Å². The fraction of sp³-hybridized carbons (Fsp3) is 0.409. The molecule has 0 unspecified atom stereocenters. The van der Waals surface area contributed by atoms with E-state index in [0.717, 1.165) is 41.8 Å². The SMILES string of the molecule is CS(=O)(=O)N(CC(=O)NCc1ccc(CN2CCCCC2)cc1)c1ccccc1F. The minimum atomic E-state index is -3.81. The van der Waals surface area contributed by atoms with Crippen molar-refractivity contribution in [2.45, 2.75) is 32.4 Å². The molecule has 1 heterocycles. The highest BCUT2D eigenvalue weighted by molar-refractivity contribution is 7.92. The predicted molar refractivity (Wildman–Crippen MR) is 116 cm³/mol. The summed E-state index contributed by atoms with van der Waals surface area (Å²) in [6.07, 6.45) is 4.76. The zero-order chi connectivity index (χ0) is 21.6. The van der Waals surface area contributed by atoms with Crippen molar-refractivity contribution in [2.75, 3.05) is 30.2 Å². The Morgan fingerprint density at radius 3 is 2.30 bits per heavy atom. The summed E-state index contributed by atoms with van der Waals surface area (Å²) in [6.45, 7) is 3.00. The van der Waals surface area contributed by atoms with Crippen molar-refractivity contribution in [1.82, 2.24) is 10.2 Å². The molecule has 1 amide bonds. The van der Waals surface area contributed by atoms with Crippen LogP contribution in [0.1, 0.15) is 30.4 Å². The fourth-order valence-electron chi connectivity index (χ4n) is 3.56. The average molecular weight is 434 g/mol. The van der Waals surface area contributed by atoms with Gasteiger partial charge in [-0.2, -0.15) is 0 Å². The van der Waals surface area contributed by atoms with Crippen LogP contribution < -0.4 is 9.62 Å².